The van der Waals surface area contributed by atoms with Crippen LogP contribution >= 0.6 is 0 Å². The van der Waals surface area contributed by atoms with E-state index in [0.717, 1.165) is 5.41 Å². The Kier molecular flexibility index (Phi) is 0.640. The largest absolute Gasteiger partial charge is 0.0530 e. The van der Waals surface area contributed by atoms with Crippen molar-refractivity contribution in [1.82, 2.24) is 0 Å². The van der Waals surface area contributed by atoms with E-state index in [1.807, 2.05) is 0 Å². The maximum absolute atomic E-state index is 1.60. The number of rotatable bonds is 0. The van der Waals surface area contributed by atoms with Gasteiger partial charge in [0.05, 0.1) is 0 Å². The lowest BCUT2D eigenvalue weighted by atomic mass is 9.78. The molecule has 0 aromatic carbocycles. The molecular weight excluding hydrogens is 108 g/mol. The molecule has 0 bridgehead atoms. The lowest BCUT2D eigenvalue weighted by Gasteiger charge is -2.27. The Labute approximate surface area is 56.6 Å². The lowest BCUT2D eigenvalue weighted by molar-refractivity contribution is 0.241. The van der Waals surface area contributed by atoms with E-state index in [2.05, 4.69) is 0 Å². The molecule has 0 aromatic rings. The molecule has 0 amide bonds. The smallest absolute Gasteiger partial charge is 0.0235 e. The summed E-state index contributed by atoms with van der Waals surface area (Å²) < 4.78 is 0. The van der Waals surface area contributed by atoms with Gasteiger partial charge in [-0.25, -0.2) is 0 Å². The van der Waals surface area contributed by atoms with Gasteiger partial charge < -0.3 is 0 Å². The SMILES string of the molecule is C1CCC23CCC2C3C1. The molecule has 3 unspecified atom stereocenters. The topological polar surface area (TPSA) is 0 Å². The second-order valence-electron chi connectivity index (χ2n) is 4.23. The molecule has 0 aromatic heterocycles. The summed E-state index contributed by atoms with van der Waals surface area (Å²) in [5.74, 6) is 2.46. The average molecular weight is 122 g/mol. The van der Waals surface area contributed by atoms with Crippen LogP contribution in [0, 0.1) is 17.3 Å². The zero-order valence-corrected chi connectivity index (χ0v) is 5.90. The van der Waals surface area contributed by atoms with E-state index in [0.29, 0.717) is 0 Å². The third-order valence-electron chi connectivity index (χ3n) is 4.18. The molecule has 0 heteroatoms. The first kappa shape index (κ1) is 4.76. The molecule has 0 saturated heterocycles. The molecule has 0 nitrogen and oxygen atoms in total. The zero-order chi connectivity index (χ0) is 5.90. The summed E-state index contributed by atoms with van der Waals surface area (Å²) in [6, 6.07) is 0. The summed E-state index contributed by atoms with van der Waals surface area (Å²) in [6.07, 6.45) is 9.47. The van der Waals surface area contributed by atoms with E-state index in [-0.39, 0.29) is 0 Å². The quantitative estimate of drug-likeness (QED) is 0.463. The Morgan fingerprint density at radius 2 is 1.78 bits per heavy atom. The van der Waals surface area contributed by atoms with Gasteiger partial charge in [0.2, 0.25) is 0 Å². The van der Waals surface area contributed by atoms with E-state index < -0.39 is 0 Å². The first-order valence-electron chi connectivity index (χ1n) is 4.43. The molecule has 0 heterocycles. The van der Waals surface area contributed by atoms with Gasteiger partial charge in [-0.3, -0.25) is 0 Å². The first-order valence-corrected chi connectivity index (χ1v) is 4.43. The number of hydrogen-bond acceptors (Lipinski definition) is 0. The van der Waals surface area contributed by atoms with Crippen LogP contribution in [0.5, 0.6) is 0 Å². The first-order chi connectivity index (χ1) is 4.43. The number of fused-ring (bicyclic) bond motifs is 1. The standard InChI is InChI=1S/C9H14/c1-2-5-9-6-4-8(9)7(9)3-1/h7-8H,1-6H2. The van der Waals surface area contributed by atoms with Crippen LogP contribution in [0.3, 0.4) is 0 Å². The zero-order valence-electron chi connectivity index (χ0n) is 5.90. The van der Waals surface area contributed by atoms with Gasteiger partial charge in [0.1, 0.15) is 0 Å². The summed E-state index contributed by atoms with van der Waals surface area (Å²) in [4.78, 5) is 0. The van der Waals surface area contributed by atoms with Crippen molar-refractivity contribution in [3.05, 3.63) is 0 Å². The van der Waals surface area contributed by atoms with Gasteiger partial charge in [-0.15, -0.1) is 0 Å². The fraction of sp³-hybridized carbons (Fsp3) is 1.00. The fourth-order valence-electron chi connectivity index (χ4n) is 3.54. The third kappa shape index (κ3) is 0.367. The van der Waals surface area contributed by atoms with Crippen LogP contribution in [0.2, 0.25) is 0 Å². The highest BCUT2D eigenvalue weighted by Crippen LogP contribution is 2.77. The molecule has 9 heavy (non-hydrogen) atoms. The molecular formula is C9H14. The molecule has 3 rings (SSSR count). The van der Waals surface area contributed by atoms with Crippen molar-refractivity contribution >= 4 is 0 Å². The van der Waals surface area contributed by atoms with Gasteiger partial charge in [0.15, 0.2) is 0 Å². The van der Waals surface area contributed by atoms with Gasteiger partial charge >= 0.3 is 0 Å². The van der Waals surface area contributed by atoms with Crippen LogP contribution < -0.4 is 0 Å². The van der Waals surface area contributed by atoms with Gasteiger partial charge in [0.25, 0.3) is 0 Å². The summed E-state index contributed by atoms with van der Waals surface area (Å²) in [5.41, 5.74) is 0.984. The van der Waals surface area contributed by atoms with Crippen LogP contribution in [0.25, 0.3) is 0 Å². The molecule has 3 atom stereocenters. The Bertz CT molecular complexity index is 150. The summed E-state index contributed by atoms with van der Waals surface area (Å²) in [5, 5.41) is 0. The molecule has 0 radical (unpaired) electrons. The Balaban J connectivity index is 1.89. The van der Waals surface area contributed by atoms with Gasteiger partial charge in [-0.1, -0.05) is 12.8 Å². The highest BCUT2D eigenvalue weighted by molar-refractivity contribution is 5.18. The highest BCUT2D eigenvalue weighted by Gasteiger charge is 2.69. The minimum atomic E-state index is 0.984. The fourth-order valence-corrected chi connectivity index (χ4v) is 3.54. The maximum Gasteiger partial charge on any atom is -0.0235 e. The van der Waals surface area contributed by atoms with Gasteiger partial charge in [0, 0.05) is 0 Å². The molecule has 3 saturated carbocycles. The van der Waals surface area contributed by atoms with Crippen molar-refractivity contribution in [3.8, 4) is 0 Å². The minimum Gasteiger partial charge on any atom is -0.0530 e. The third-order valence-corrected chi connectivity index (χ3v) is 4.18. The average Bonchev–Trinajstić information content (AvgIpc) is 2.31. The molecule has 3 fully saturated rings. The van der Waals surface area contributed by atoms with E-state index in [1.165, 1.54) is 11.8 Å². The van der Waals surface area contributed by atoms with Crippen LogP contribution in [-0.2, 0) is 0 Å². The maximum atomic E-state index is 1.60. The molecule has 1 spiro atoms. The van der Waals surface area contributed by atoms with Gasteiger partial charge in [-0.2, -0.15) is 0 Å². The minimum absolute atomic E-state index is 0.984. The molecule has 50 valence electrons. The summed E-state index contributed by atoms with van der Waals surface area (Å²) in [7, 11) is 0. The number of hydrogen-bond donors (Lipinski definition) is 0. The second-order valence-corrected chi connectivity index (χ2v) is 4.23. The van der Waals surface area contributed by atoms with Crippen molar-refractivity contribution in [2.24, 2.45) is 17.3 Å². The molecule has 3 aliphatic rings. The van der Waals surface area contributed by atoms with Crippen LogP contribution in [0.1, 0.15) is 38.5 Å². The molecule has 0 N–H and O–H groups in total. The predicted octanol–water partition coefficient (Wildman–Crippen LogP) is 2.59. The second kappa shape index (κ2) is 1.21. The van der Waals surface area contributed by atoms with Crippen molar-refractivity contribution in [3.63, 3.8) is 0 Å². The van der Waals surface area contributed by atoms with E-state index >= 15 is 0 Å². The lowest BCUT2D eigenvalue weighted by Crippen LogP contribution is -2.15. The Hall–Kier alpha value is 0. The Morgan fingerprint density at radius 1 is 0.889 bits per heavy atom. The van der Waals surface area contributed by atoms with Crippen LogP contribution in [0.4, 0.5) is 0 Å². The Morgan fingerprint density at radius 3 is 2.33 bits per heavy atom. The monoisotopic (exact) mass is 122 g/mol. The van der Waals surface area contributed by atoms with Crippen molar-refractivity contribution in [2.45, 2.75) is 38.5 Å². The van der Waals surface area contributed by atoms with E-state index in [9.17, 15) is 0 Å². The summed E-state index contributed by atoms with van der Waals surface area (Å²) in [6.45, 7) is 0. The van der Waals surface area contributed by atoms with E-state index in [1.54, 1.807) is 38.5 Å². The van der Waals surface area contributed by atoms with Crippen LogP contribution in [-0.4, -0.2) is 0 Å². The van der Waals surface area contributed by atoms with Crippen molar-refractivity contribution < 1.29 is 0 Å². The molecule has 3 aliphatic carbocycles. The highest BCUT2D eigenvalue weighted by atomic mass is 14.7. The van der Waals surface area contributed by atoms with E-state index in [4.69, 9.17) is 0 Å². The normalized spacial score (nSPS) is 61.3. The van der Waals surface area contributed by atoms with Crippen molar-refractivity contribution in [1.29, 1.82) is 0 Å². The molecule has 0 aliphatic heterocycles. The van der Waals surface area contributed by atoms with Crippen LogP contribution in [0.15, 0.2) is 0 Å². The predicted molar refractivity (Wildman–Crippen MR) is 37.1 cm³/mol. The van der Waals surface area contributed by atoms with Crippen molar-refractivity contribution in [2.75, 3.05) is 0 Å². The summed E-state index contributed by atoms with van der Waals surface area (Å²) >= 11 is 0. The van der Waals surface area contributed by atoms with Gasteiger partial charge in [-0.05, 0) is 42.9 Å².